The summed E-state index contributed by atoms with van der Waals surface area (Å²) >= 11 is 1.56. The van der Waals surface area contributed by atoms with Crippen LogP contribution in [0.1, 0.15) is 16.7 Å². The molecule has 0 N–H and O–H groups in total. The molecule has 0 aliphatic rings. The first-order valence-electron chi connectivity index (χ1n) is 7.34. The van der Waals surface area contributed by atoms with Gasteiger partial charge in [0.2, 0.25) is 0 Å². The quantitative estimate of drug-likeness (QED) is 0.727. The van der Waals surface area contributed by atoms with Gasteiger partial charge in [-0.1, -0.05) is 6.85 Å². The van der Waals surface area contributed by atoms with E-state index in [0.717, 1.165) is 26.5 Å². The van der Waals surface area contributed by atoms with Crippen LogP contribution in [0.15, 0.2) is 36.5 Å². The van der Waals surface area contributed by atoms with Crippen molar-refractivity contribution in [1.82, 2.24) is 9.97 Å². The van der Waals surface area contributed by atoms with Crippen molar-refractivity contribution in [2.45, 2.75) is 13.3 Å². The van der Waals surface area contributed by atoms with E-state index in [2.05, 4.69) is 9.97 Å². The van der Waals surface area contributed by atoms with Crippen LogP contribution in [0.25, 0.3) is 20.8 Å². The van der Waals surface area contributed by atoms with Crippen LogP contribution >= 0.6 is 11.3 Å². The monoisotopic (exact) mass is 276 g/mol. The highest BCUT2D eigenvalue weighted by molar-refractivity contribution is 7.21. The van der Waals surface area contributed by atoms with E-state index in [1.807, 2.05) is 24.3 Å². The molecule has 96 valence electrons. The summed E-state index contributed by atoms with van der Waals surface area (Å²) in [5.41, 5.74) is 2.35. The maximum Gasteiger partial charge on any atom is 0.126 e. The molecule has 0 radical (unpaired) electrons. The van der Waals surface area contributed by atoms with E-state index in [4.69, 9.17) is 8.85 Å². The lowest BCUT2D eigenvalue weighted by atomic mass is 10.2. The van der Waals surface area contributed by atoms with Gasteiger partial charge >= 0.3 is 0 Å². The third kappa shape index (κ3) is 2.31. The Morgan fingerprint density at radius 3 is 3.00 bits per heavy atom. The Morgan fingerprint density at radius 1 is 1.32 bits per heavy atom. The maximum absolute atomic E-state index is 7.27. The van der Waals surface area contributed by atoms with Gasteiger partial charge in [0.15, 0.2) is 0 Å². The third-order valence-corrected chi connectivity index (χ3v) is 3.92. The first-order chi connectivity index (χ1) is 10.4. The molecular weight excluding hydrogens is 256 g/mol. The molecule has 3 aromatic rings. The third-order valence-electron chi connectivity index (χ3n) is 2.85. The predicted molar refractivity (Wildman–Crippen MR) is 78.8 cm³/mol. The molecule has 2 heterocycles. The first-order valence-corrected chi connectivity index (χ1v) is 6.66. The van der Waals surface area contributed by atoms with E-state index < -0.39 is 6.85 Å². The highest BCUT2D eigenvalue weighted by atomic mass is 32.1. The van der Waals surface area contributed by atoms with Gasteiger partial charge in [0.1, 0.15) is 10.8 Å². The highest BCUT2D eigenvalue weighted by Crippen LogP contribution is 2.31. The summed E-state index contributed by atoms with van der Waals surface area (Å²) in [5.74, 6) is 0.800. The molecule has 4 heteroatoms. The first kappa shape index (κ1) is 9.04. The molecule has 0 fully saturated rings. The Bertz CT molecular complexity index is 797. The number of benzene rings is 1. The number of fused-ring (bicyclic) bond motifs is 1. The summed E-state index contributed by atoms with van der Waals surface area (Å²) in [4.78, 5) is 8.80. The van der Waals surface area contributed by atoms with Gasteiger partial charge in [0.05, 0.1) is 17.3 Å². The minimum Gasteiger partial charge on any atom is -0.497 e. The Morgan fingerprint density at radius 2 is 2.26 bits per heavy atom. The van der Waals surface area contributed by atoms with Crippen LogP contribution in [0.5, 0.6) is 5.75 Å². The van der Waals surface area contributed by atoms with Gasteiger partial charge in [-0.05, 0) is 36.8 Å². The minimum absolute atomic E-state index is 0.0235. The molecule has 0 saturated carbocycles. The van der Waals surface area contributed by atoms with Crippen LogP contribution in [0.4, 0.5) is 0 Å². The van der Waals surface area contributed by atoms with Gasteiger partial charge < -0.3 is 4.74 Å². The van der Waals surface area contributed by atoms with Crippen molar-refractivity contribution >= 4 is 21.6 Å². The fraction of sp³-hybridized carbons (Fsp3) is 0.200. The molecule has 2 aromatic heterocycles. The van der Waals surface area contributed by atoms with Crippen molar-refractivity contribution in [3.8, 4) is 16.3 Å². The minimum atomic E-state index is -2.00. The number of hydrogen-bond donors (Lipinski definition) is 0. The molecule has 0 amide bonds. The summed E-state index contributed by atoms with van der Waals surface area (Å²) in [6.07, 6.45) is 1.65. The summed E-state index contributed by atoms with van der Waals surface area (Å²) < 4.78 is 28.1. The molecule has 19 heavy (non-hydrogen) atoms. The van der Waals surface area contributed by atoms with Crippen LogP contribution in [-0.2, 0) is 6.42 Å². The van der Waals surface area contributed by atoms with Crippen LogP contribution < -0.4 is 4.74 Å². The van der Waals surface area contributed by atoms with Crippen molar-refractivity contribution in [1.29, 1.82) is 0 Å². The van der Waals surface area contributed by atoms with Crippen LogP contribution in [0.2, 0.25) is 0 Å². The predicted octanol–water partition coefficient (Wildman–Crippen LogP) is 3.93. The van der Waals surface area contributed by atoms with Crippen molar-refractivity contribution in [3.05, 3.63) is 42.2 Å². The lowest BCUT2D eigenvalue weighted by molar-refractivity contribution is 0.415. The average molecular weight is 276 g/mol. The lowest BCUT2D eigenvalue weighted by Gasteiger charge is -1.97. The van der Waals surface area contributed by atoms with Crippen molar-refractivity contribution in [2.24, 2.45) is 0 Å². The topological polar surface area (TPSA) is 35.0 Å². The molecule has 0 spiro atoms. The zero-order valence-corrected chi connectivity index (χ0v) is 11.2. The van der Waals surface area contributed by atoms with Gasteiger partial charge in [0, 0.05) is 21.6 Å². The van der Waals surface area contributed by atoms with Gasteiger partial charge in [-0.25, -0.2) is 4.98 Å². The van der Waals surface area contributed by atoms with Crippen LogP contribution in [0.3, 0.4) is 0 Å². The number of thiazole rings is 1. The largest absolute Gasteiger partial charge is 0.497 e. The zero-order chi connectivity index (χ0) is 15.7. The Kier molecular flexibility index (Phi) is 2.37. The van der Waals surface area contributed by atoms with E-state index >= 15 is 0 Å². The normalized spacial score (nSPS) is 13.8. The number of ether oxygens (including phenoxy) is 1. The van der Waals surface area contributed by atoms with Gasteiger partial charge in [-0.3, -0.25) is 4.98 Å². The number of methoxy groups -OCH3 is 1. The van der Waals surface area contributed by atoms with E-state index in [1.54, 1.807) is 30.7 Å². The van der Waals surface area contributed by atoms with Gasteiger partial charge in [-0.15, -0.1) is 11.3 Å². The molecule has 0 aliphatic heterocycles. The summed E-state index contributed by atoms with van der Waals surface area (Å²) in [5, 5.41) is 0.858. The number of rotatable bonds is 3. The van der Waals surface area contributed by atoms with E-state index in [0.29, 0.717) is 5.69 Å². The molecule has 0 saturated heterocycles. The number of pyridine rings is 1. The number of hydrogen-bond acceptors (Lipinski definition) is 4. The molecule has 0 atom stereocenters. The zero-order valence-electron chi connectivity index (χ0n) is 13.4. The summed E-state index contributed by atoms with van der Waals surface area (Å²) in [6, 6.07) is 9.36. The smallest absolute Gasteiger partial charge is 0.126 e. The molecular formula is C15H14N2OS. The summed E-state index contributed by atoms with van der Waals surface area (Å²) in [7, 11) is 1.64. The number of aryl methyl sites for hydroxylation is 1. The average Bonchev–Trinajstić information content (AvgIpc) is 2.89. The number of aromatic nitrogens is 2. The Hall–Kier alpha value is -1.94. The highest BCUT2D eigenvalue weighted by Gasteiger charge is 2.07. The fourth-order valence-electron chi connectivity index (χ4n) is 1.81. The van der Waals surface area contributed by atoms with Gasteiger partial charge in [-0.2, -0.15) is 0 Å². The second kappa shape index (κ2) is 4.97. The second-order valence-electron chi connectivity index (χ2n) is 4.07. The molecule has 3 nitrogen and oxygen atoms in total. The Balaban J connectivity index is 1.90. The van der Waals surface area contributed by atoms with E-state index in [1.165, 1.54) is 0 Å². The molecule has 3 rings (SSSR count). The lowest BCUT2D eigenvalue weighted by Crippen LogP contribution is -1.86. The number of nitrogens with zero attached hydrogens (tertiary/aromatic N) is 2. The van der Waals surface area contributed by atoms with E-state index in [9.17, 15) is 0 Å². The maximum atomic E-state index is 7.27. The van der Waals surface area contributed by atoms with Crippen LogP contribution in [-0.4, -0.2) is 17.1 Å². The molecule has 0 bridgehead atoms. The van der Waals surface area contributed by atoms with Crippen LogP contribution in [0, 0.1) is 0 Å². The molecule has 0 aliphatic carbocycles. The molecule has 0 unspecified atom stereocenters. The van der Waals surface area contributed by atoms with Crippen molar-refractivity contribution in [3.63, 3.8) is 0 Å². The van der Waals surface area contributed by atoms with Gasteiger partial charge in [0.25, 0.3) is 0 Å². The Labute approximate surface area is 120 Å². The standard InChI is InChI=1S/C15H14N2OS/c1-3-11-5-4-10(9-16-11)15-17-13-7-6-12(18-2)8-14(13)19-15/h4-9H,3H2,1-2H3/i1T3. The van der Waals surface area contributed by atoms with Crippen molar-refractivity contribution in [2.75, 3.05) is 7.11 Å². The molecule has 1 aromatic carbocycles. The second-order valence-corrected chi connectivity index (χ2v) is 5.10. The van der Waals surface area contributed by atoms with E-state index in [-0.39, 0.29) is 6.42 Å². The van der Waals surface area contributed by atoms with Crippen molar-refractivity contribution < 1.29 is 8.85 Å². The SMILES string of the molecule is [3H]C([3H])([3H])Cc1ccc(-c2nc3ccc(OC)cc3s2)cn1. The summed E-state index contributed by atoms with van der Waals surface area (Å²) in [6.45, 7) is -2.00. The fourth-order valence-corrected chi connectivity index (χ4v) is 2.80.